The van der Waals surface area contributed by atoms with Crippen LogP contribution in [0.1, 0.15) is 42.5 Å². The summed E-state index contributed by atoms with van der Waals surface area (Å²) in [6, 6.07) is 6.75. The molecule has 0 bridgehead atoms. The van der Waals surface area contributed by atoms with Gasteiger partial charge in [0, 0.05) is 25.1 Å². The molecule has 0 saturated carbocycles. The third-order valence-electron chi connectivity index (χ3n) is 4.29. The number of nitrogens with zero attached hydrogens (tertiary/aromatic N) is 3. The average Bonchev–Trinajstić information content (AvgIpc) is 3.07. The highest BCUT2D eigenvalue weighted by atomic mass is 16.2. The largest absolute Gasteiger partial charge is 0.353 e. The Kier molecular flexibility index (Phi) is 6.89. The predicted molar refractivity (Wildman–Crippen MR) is 99.7 cm³/mol. The molecule has 0 aliphatic rings. The summed E-state index contributed by atoms with van der Waals surface area (Å²) < 4.78 is 1.91. The fourth-order valence-corrected chi connectivity index (χ4v) is 2.73. The second-order valence-electron chi connectivity index (χ2n) is 6.60. The summed E-state index contributed by atoms with van der Waals surface area (Å²) in [5, 5.41) is 13.7. The average molecular weight is 357 g/mol. The van der Waals surface area contributed by atoms with Crippen molar-refractivity contribution in [1.29, 1.82) is 0 Å². The van der Waals surface area contributed by atoms with Crippen molar-refractivity contribution in [3.63, 3.8) is 0 Å². The Bertz CT molecular complexity index is 754. The maximum Gasteiger partial charge on any atom is 0.252 e. The van der Waals surface area contributed by atoms with Crippen molar-refractivity contribution in [3.8, 4) is 0 Å². The first-order valence-electron chi connectivity index (χ1n) is 8.95. The highest BCUT2D eigenvalue weighted by Crippen LogP contribution is 2.09. The van der Waals surface area contributed by atoms with Crippen molar-refractivity contribution in [2.24, 2.45) is 5.92 Å². The molecule has 0 aliphatic heterocycles. The Balaban J connectivity index is 1.95. The number of rotatable bonds is 8. The number of carbonyl (C=O) groups excluding carboxylic acids is 2. The number of aromatic nitrogens is 3. The molecule has 140 valence electrons. The molecule has 1 aromatic heterocycles. The minimum absolute atomic E-state index is 0.0240. The predicted octanol–water partition coefficient (Wildman–Crippen LogP) is 1.72. The van der Waals surface area contributed by atoms with Crippen LogP contribution in [0.2, 0.25) is 0 Å². The molecule has 2 rings (SSSR count). The van der Waals surface area contributed by atoms with Gasteiger partial charge in [-0.3, -0.25) is 9.59 Å². The molecule has 0 saturated heterocycles. The first-order chi connectivity index (χ1) is 12.4. The van der Waals surface area contributed by atoms with Crippen molar-refractivity contribution in [3.05, 3.63) is 47.5 Å². The smallest absolute Gasteiger partial charge is 0.252 e. The van der Waals surface area contributed by atoms with E-state index in [4.69, 9.17) is 0 Å². The number of hydrogen-bond donors (Lipinski definition) is 2. The van der Waals surface area contributed by atoms with E-state index in [0.717, 1.165) is 17.8 Å². The van der Waals surface area contributed by atoms with E-state index in [0.29, 0.717) is 18.7 Å². The molecule has 7 heteroatoms. The lowest BCUT2D eigenvalue weighted by Crippen LogP contribution is -2.50. The molecule has 1 unspecified atom stereocenters. The van der Waals surface area contributed by atoms with E-state index in [2.05, 4.69) is 20.8 Å². The van der Waals surface area contributed by atoms with E-state index in [1.165, 1.54) is 0 Å². The van der Waals surface area contributed by atoms with Crippen LogP contribution in [-0.2, 0) is 17.8 Å². The van der Waals surface area contributed by atoms with E-state index >= 15 is 0 Å². The van der Waals surface area contributed by atoms with Crippen LogP contribution in [0.5, 0.6) is 0 Å². The lowest BCUT2D eigenvalue weighted by molar-refractivity contribution is -0.123. The molecule has 26 heavy (non-hydrogen) atoms. The molecule has 0 radical (unpaired) electrons. The summed E-state index contributed by atoms with van der Waals surface area (Å²) in [6.45, 7) is 8.76. The van der Waals surface area contributed by atoms with Crippen molar-refractivity contribution in [2.75, 3.05) is 6.54 Å². The number of carbonyl (C=O) groups is 2. The molecule has 1 aromatic carbocycles. The SMILES string of the molecule is CCc1nncn1CCNC(=O)C(NC(=O)c1ccccc1C)C(C)C. The van der Waals surface area contributed by atoms with Crippen molar-refractivity contribution >= 4 is 11.8 Å². The van der Waals surface area contributed by atoms with Crippen LogP contribution in [0, 0.1) is 12.8 Å². The zero-order chi connectivity index (χ0) is 19.1. The Morgan fingerprint density at radius 3 is 2.62 bits per heavy atom. The molecule has 0 spiro atoms. The second-order valence-corrected chi connectivity index (χ2v) is 6.60. The summed E-state index contributed by atoms with van der Waals surface area (Å²) in [7, 11) is 0. The van der Waals surface area contributed by atoms with Crippen LogP contribution in [0.3, 0.4) is 0 Å². The van der Waals surface area contributed by atoms with Crippen LogP contribution < -0.4 is 10.6 Å². The summed E-state index contributed by atoms with van der Waals surface area (Å²) in [4.78, 5) is 25.1. The summed E-state index contributed by atoms with van der Waals surface area (Å²) in [5.41, 5.74) is 1.47. The third kappa shape index (κ3) is 4.91. The first kappa shape index (κ1) is 19.6. The minimum atomic E-state index is -0.589. The van der Waals surface area contributed by atoms with Crippen molar-refractivity contribution in [1.82, 2.24) is 25.4 Å². The van der Waals surface area contributed by atoms with Gasteiger partial charge >= 0.3 is 0 Å². The number of nitrogens with one attached hydrogen (secondary N) is 2. The number of aryl methyl sites for hydroxylation is 2. The normalized spacial score (nSPS) is 12.0. The topological polar surface area (TPSA) is 88.9 Å². The maximum absolute atomic E-state index is 12.6. The quantitative estimate of drug-likeness (QED) is 0.753. The zero-order valence-corrected chi connectivity index (χ0v) is 15.8. The van der Waals surface area contributed by atoms with Gasteiger partial charge in [-0.15, -0.1) is 10.2 Å². The van der Waals surface area contributed by atoms with Gasteiger partial charge in [0.05, 0.1) is 0 Å². The van der Waals surface area contributed by atoms with E-state index in [9.17, 15) is 9.59 Å². The molecular formula is C19H27N5O2. The Labute approximate surface area is 154 Å². The fourth-order valence-electron chi connectivity index (χ4n) is 2.73. The van der Waals surface area contributed by atoms with Crippen LogP contribution in [0.4, 0.5) is 0 Å². The van der Waals surface area contributed by atoms with Gasteiger partial charge < -0.3 is 15.2 Å². The summed E-state index contributed by atoms with van der Waals surface area (Å²) in [5.74, 6) is 0.439. The zero-order valence-electron chi connectivity index (χ0n) is 15.8. The molecule has 0 aliphatic carbocycles. The van der Waals surface area contributed by atoms with Crippen molar-refractivity contribution < 1.29 is 9.59 Å². The van der Waals surface area contributed by atoms with Gasteiger partial charge in [0.25, 0.3) is 5.91 Å². The van der Waals surface area contributed by atoms with Crippen LogP contribution in [-0.4, -0.2) is 39.2 Å². The van der Waals surface area contributed by atoms with Gasteiger partial charge in [-0.05, 0) is 24.5 Å². The van der Waals surface area contributed by atoms with Gasteiger partial charge in [-0.25, -0.2) is 0 Å². The van der Waals surface area contributed by atoms with Gasteiger partial charge in [-0.1, -0.05) is 39.0 Å². The first-order valence-corrected chi connectivity index (χ1v) is 8.95. The number of benzene rings is 1. The lowest BCUT2D eigenvalue weighted by Gasteiger charge is -2.22. The molecule has 2 aromatic rings. The van der Waals surface area contributed by atoms with Crippen molar-refractivity contribution in [2.45, 2.75) is 46.7 Å². The third-order valence-corrected chi connectivity index (χ3v) is 4.29. The molecule has 2 amide bonds. The molecule has 7 nitrogen and oxygen atoms in total. The van der Waals surface area contributed by atoms with E-state index in [-0.39, 0.29) is 17.7 Å². The fraction of sp³-hybridized carbons (Fsp3) is 0.474. The van der Waals surface area contributed by atoms with Gasteiger partial charge in [0.15, 0.2) is 0 Å². The van der Waals surface area contributed by atoms with Crippen LogP contribution in [0.25, 0.3) is 0 Å². The lowest BCUT2D eigenvalue weighted by atomic mass is 10.0. The van der Waals surface area contributed by atoms with E-state index < -0.39 is 6.04 Å². The van der Waals surface area contributed by atoms with Crippen LogP contribution >= 0.6 is 0 Å². The standard InChI is InChI=1S/C19H27N5O2/c1-5-16-23-21-12-24(16)11-10-20-19(26)17(13(2)3)22-18(25)15-9-7-6-8-14(15)4/h6-9,12-13,17H,5,10-11H2,1-4H3,(H,20,26)(H,22,25). The molecule has 2 N–H and O–H groups in total. The van der Waals surface area contributed by atoms with Gasteiger partial charge in [0.1, 0.15) is 18.2 Å². The number of hydrogen-bond acceptors (Lipinski definition) is 4. The molecule has 1 atom stereocenters. The second kappa shape index (κ2) is 9.12. The molecular weight excluding hydrogens is 330 g/mol. The minimum Gasteiger partial charge on any atom is -0.353 e. The van der Waals surface area contributed by atoms with Crippen LogP contribution in [0.15, 0.2) is 30.6 Å². The Morgan fingerprint density at radius 1 is 1.23 bits per heavy atom. The van der Waals surface area contributed by atoms with Gasteiger partial charge in [-0.2, -0.15) is 0 Å². The molecule has 1 heterocycles. The summed E-state index contributed by atoms with van der Waals surface area (Å²) >= 11 is 0. The maximum atomic E-state index is 12.6. The Morgan fingerprint density at radius 2 is 1.96 bits per heavy atom. The Hall–Kier alpha value is -2.70. The highest BCUT2D eigenvalue weighted by molar-refractivity contribution is 5.98. The molecule has 0 fully saturated rings. The van der Waals surface area contributed by atoms with Gasteiger partial charge in [0.2, 0.25) is 5.91 Å². The van der Waals surface area contributed by atoms with E-state index in [1.54, 1.807) is 12.4 Å². The number of amides is 2. The van der Waals surface area contributed by atoms with E-state index in [1.807, 2.05) is 50.5 Å². The summed E-state index contributed by atoms with van der Waals surface area (Å²) in [6.07, 6.45) is 2.44. The highest BCUT2D eigenvalue weighted by Gasteiger charge is 2.24. The monoisotopic (exact) mass is 357 g/mol.